The van der Waals surface area contributed by atoms with Gasteiger partial charge in [0, 0.05) is 16.7 Å². The van der Waals surface area contributed by atoms with Crippen LogP contribution in [0.15, 0.2) is 22.7 Å². The zero-order valence-electron chi connectivity index (χ0n) is 10.4. The molecule has 0 saturated heterocycles. The quantitative estimate of drug-likeness (QED) is 0.704. The van der Waals surface area contributed by atoms with E-state index < -0.39 is 5.97 Å². The van der Waals surface area contributed by atoms with Crippen molar-refractivity contribution in [1.29, 1.82) is 0 Å². The Morgan fingerprint density at radius 1 is 1.39 bits per heavy atom. The molecule has 0 aromatic heterocycles. The molecule has 0 saturated carbocycles. The van der Waals surface area contributed by atoms with Gasteiger partial charge in [0.15, 0.2) is 0 Å². The molecule has 18 heavy (non-hydrogen) atoms. The highest BCUT2D eigenvalue weighted by atomic mass is 79.9. The van der Waals surface area contributed by atoms with Gasteiger partial charge in [0.2, 0.25) is 0 Å². The summed E-state index contributed by atoms with van der Waals surface area (Å²) in [6.07, 6.45) is 5.74. The van der Waals surface area contributed by atoms with Crippen LogP contribution in [0.2, 0.25) is 0 Å². The summed E-state index contributed by atoms with van der Waals surface area (Å²) in [5.41, 5.74) is 1.25. The van der Waals surface area contributed by atoms with E-state index in [-0.39, 0.29) is 0 Å². The predicted molar refractivity (Wildman–Crippen MR) is 81.8 cm³/mol. The predicted octanol–water partition coefficient (Wildman–Crippen LogP) is 4.09. The van der Waals surface area contributed by atoms with Crippen molar-refractivity contribution < 1.29 is 9.90 Å². The van der Waals surface area contributed by atoms with Crippen LogP contribution in [0.1, 0.15) is 29.6 Å². The van der Waals surface area contributed by atoms with Gasteiger partial charge < -0.3 is 10.4 Å². The summed E-state index contributed by atoms with van der Waals surface area (Å²) in [6, 6.07) is 5.23. The fraction of sp³-hybridized carbons (Fsp3) is 0.462. The minimum absolute atomic E-state index is 0.292. The van der Waals surface area contributed by atoms with Crippen LogP contribution in [0.4, 0.5) is 5.69 Å². The molecule has 0 aliphatic carbocycles. The first-order valence-corrected chi connectivity index (χ1v) is 8.09. The molecule has 3 nitrogen and oxygen atoms in total. The molecule has 0 fully saturated rings. The van der Waals surface area contributed by atoms with Gasteiger partial charge in [-0.3, -0.25) is 0 Å². The Labute approximate surface area is 120 Å². The molecule has 5 heteroatoms. The molecule has 1 aromatic rings. The molecular weight excluding hydrogens is 314 g/mol. The van der Waals surface area contributed by atoms with E-state index in [2.05, 4.69) is 27.5 Å². The number of benzene rings is 1. The van der Waals surface area contributed by atoms with Crippen LogP contribution in [-0.4, -0.2) is 29.6 Å². The Morgan fingerprint density at radius 3 is 2.78 bits per heavy atom. The second-order valence-electron chi connectivity index (χ2n) is 3.98. The zero-order chi connectivity index (χ0) is 13.4. The summed E-state index contributed by atoms with van der Waals surface area (Å²) >= 11 is 5.15. The molecule has 0 spiro atoms. The fourth-order valence-electron chi connectivity index (χ4n) is 1.58. The van der Waals surface area contributed by atoms with Gasteiger partial charge in [0.05, 0.1) is 5.56 Å². The average Bonchev–Trinajstić information content (AvgIpc) is 2.33. The molecule has 0 aliphatic heterocycles. The lowest BCUT2D eigenvalue weighted by atomic mass is 10.2. The summed E-state index contributed by atoms with van der Waals surface area (Å²) in [4.78, 5) is 10.8. The SMILES string of the molecule is CSCCCCCNc1ccc(C(=O)O)c(Br)c1. The van der Waals surface area contributed by atoms with Gasteiger partial charge in [-0.05, 0) is 59.0 Å². The van der Waals surface area contributed by atoms with E-state index in [9.17, 15) is 4.79 Å². The minimum Gasteiger partial charge on any atom is -0.478 e. The molecule has 0 amide bonds. The molecule has 0 heterocycles. The summed E-state index contributed by atoms with van der Waals surface area (Å²) in [7, 11) is 0. The number of carboxylic acid groups (broad SMARTS) is 1. The van der Waals surface area contributed by atoms with E-state index in [0.717, 1.165) is 18.7 Å². The van der Waals surface area contributed by atoms with E-state index >= 15 is 0 Å². The number of hydrogen-bond acceptors (Lipinski definition) is 3. The smallest absolute Gasteiger partial charge is 0.336 e. The van der Waals surface area contributed by atoms with Crippen LogP contribution in [0.3, 0.4) is 0 Å². The van der Waals surface area contributed by atoms with Gasteiger partial charge in [-0.15, -0.1) is 0 Å². The van der Waals surface area contributed by atoms with Crippen molar-refractivity contribution in [3.63, 3.8) is 0 Å². The molecule has 2 N–H and O–H groups in total. The third kappa shape index (κ3) is 5.31. The molecule has 0 bridgehead atoms. The largest absolute Gasteiger partial charge is 0.478 e. The third-order valence-corrected chi connectivity index (χ3v) is 3.91. The minimum atomic E-state index is -0.912. The number of nitrogens with one attached hydrogen (secondary N) is 1. The van der Waals surface area contributed by atoms with Crippen molar-refractivity contribution in [3.8, 4) is 0 Å². The van der Waals surface area contributed by atoms with Crippen LogP contribution in [0, 0.1) is 0 Å². The lowest BCUT2D eigenvalue weighted by Gasteiger charge is -2.08. The standard InChI is InChI=1S/C13H18BrNO2S/c1-18-8-4-2-3-7-15-10-5-6-11(13(16)17)12(14)9-10/h5-6,9,15H,2-4,7-8H2,1H3,(H,16,17). The Kier molecular flexibility index (Phi) is 7.20. The van der Waals surface area contributed by atoms with E-state index in [4.69, 9.17) is 5.11 Å². The number of carbonyl (C=O) groups is 1. The van der Waals surface area contributed by atoms with Gasteiger partial charge >= 0.3 is 5.97 Å². The first-order valence-electron chi connectivity index (χ1n) is 5.91. The van der Waals surface area contributed by atoms with Crippen LogP contribution < -0.4 is 5.32 Å². The van der Waals surface area contributed by atoms with Gasteiger partial charge in [-0.1, -0.05) is 6.42 Å². The number of aromatic carboxylic acids is 1. The van der Waals surface area contributed by atoms with Crippen molar-refractivity contribution in [2.24, 2.45) is 0 Å². The van der Waals surface area contributed by atoms with Gasteiger partial charge in [0.25, 0.3) is 0 Å². The van der Waals surface area contributed by atoms with Crippen LogP contribution in [-0.2, 0) is 0 Å². The maximum absolute atomic E-state index is 10.8. The first-order chi connectivity index (χ1) is 8.65. The monoisotopic (exact) mass is 331 g/mol. The van der Waals surface area contributed by atoms with Gasteiger partial charge in [-0.25, -0.2) is 4.79 Å². The van der Waals surface area contributed by atoms with Crippen molar-refractivity contribution in [2.45, 2.75) is 19.3 Å². The number of carboxylic acids is 1. The second-order valence-corrected chi connectivity index (χ2v) is 5.82. The zero-order valence-corrected chi connectivity index (χ0v) is 12.8. The number of unbranched alkanes of at least 4 members (excludes halogenated alkanes) is 2. The fourth-order valence-corrected chi connectivity index (χ4v) is 2.62. The number of thioether (sulfide) groups is 1. The lowest BCUT2D eigenvalue weighted by Crippen LogP contribution is -2.03. The highest BCUT2D eigenvalue weighted by Crippen LogP contribution is 2.21. The van der Waals surface area contributed by atoms with Crippen molar-refractivity contribution >= 4 is 39.3 Å². The average molecular weight is 332 g/mol. The summed E-state index contributed by atoms with van der Waals surface area (Å²) in [5.74, 6) is 0.310. The third-order valence-electron chi connectivity index (χ3n) is 2.55. The molecule has 0 unspecified atom stereocenters. The number of hydrogen-bond donors (Lipinski definition) is 2. The molecule has 0 atom stereocenters. The summed E-state index contributed by atoms with van der Waals surface area (Å²) < 4.78 is 0.613. The van der Waals surface area contributed by atoms with Crippen molar-refractivity contribution in [1.82, 2.24) is 0 Å². The van der Waals surface area contributed by atoms with Crippen molar-refractivity contribution in [2.75, 3.05) is 23.9 Å². The van der Waals surface area contributed by atoms with Crippen LogP contribution in [0.5, 0.6) is 0 Å². The molecule has 0 aliphatic rings. The lowest BCUT2D eigenvalue weighted by molar-refractivity contribution is 0.0696. The number of rotatable bonds is 8. The maximum Gasteiger partial charge on any atom is 0.336 e. The normalized spacial score (nSPS) is 10.3. The second kappa shape index (κ2) is 8.43. The number of halogens is 1. The molecular formula is C13H18BrNO2S. The van der Waals surface area contributed by atoms with Crippen molar-refractivity contribution in [3.05, 3.63) is 28.2 Å². The van der Waals surface area contributed by atoms with E-state index in [1.54, 1.807) is 12.1 Å². The van der Waals surface area contributed by atoms with Crippen LogP contribution in [0.25, 0.3) is 0 Å². The highest BCUT2D eigenvalue weighted by molar-refractivity contribution is 9.10. The molecule has 1 aromatic carbocycles. The molecule has 1 rings (SSSR count). The highest BCUT2D eigenvalue weighted by Gasteiger charge is 2.07. The van der Waals surface area contributed by atoms with Gasteiger partial charge in [0.1, 0.15) is 0 Å². The Bertz CT molecular complexity index is 399. The number of anilines is 1. The molecule has 0 radical (unpaired) electrons. The topological polar surface area (TPSA) is 49.3 Å². The Hall–Kier alpha value is -0.680. The maximum atomic E-state index is 10.8. The molecule has 100 valence electrons. The Morgan fingerprint density at radius 2 is 2.17 bits per heavy atom. The van der Waals surface area contributed by atoms with Crippen LogP contribution >= 0.6 is 27.7 Å². The van der Waals surface area contributed by atoms with E-state index in [0.29, 0.717) is 10.0 Å². The summed E-state index contributed by atoms with van der Waals surface area (Å²) in [6.45, 7) is 0.924. The van der Waals surface area contributed by atoms with Gasteiger partial charge in [-0.2, -0.15) is 11.8 Å². The summed E-state index contributed by atoms with van der Waals surface area (Å²) in [5, 5.41) is 12.2. The van der Waals surface area contributed by atoms with E-state index in [1.807, 2.05) is 17.8 Å². The first kappa shape index (κ1) is 15.4. The Balaban J connectivity index is 2.35. The van der Waals surface area contributed by atoms with E-state index in [1.165, 1.54) is 18.6 Å².